The number of hydrogen-bond donors (Lipinski definition) is 2. The van der Waals surface area contributed by atoms with Gasteiger partial charge in [-0.3, -0.25) is 9.36 Å². The first-order chi connectivity index (χ1) is 42.0. The molecule has 0 rings (SSSR count). The molecule has 1 amide bonds. The van der Waals surface area contributed by atoms with E-state index in [9.17, 15) is 19.4 Å². The highest BCUT2D eigenvalue weighted by Crippen LogP contribution is 2.38. The Morgan fingerprint density at radius 3 is 0.872 bits per heavy atom. The van der Waals surface area contributed by atoms with E-state index in [1.165, 1.54) is 366 Å². The molecule has 0 aromatic heterocycles. The maximum absolute atomic E-state index is 13.1. The maximum atomic E-state index is 13.1. The average molecular weight is 1240 g/mol. The normalized spacial score (nSPS) is 13.5. The second kappa shape index (κ2) is 68.6. The van der Waals surface area contributed by atoms with Crippen LogP contribution >= 0.6 is 7.82 Å². The van der Waals surface area contributed by atoms with Crippen LogP contribution in [0.25, 0.3) is 0 Å². The first-order valence-corrected chi connectivity index (χ1v) is 40.5. The van der Waals surface area contributed by atoms with Crippen molar-refractivity contribution in [3.8, 4) is 0 Å². The standard InChI is InChI=1S/C77H155N2O6P/c1-6-8-10-12-14-16-18-20-22-24-26-28-30-32-34-36-37-38-39-40-41-43-45-47-49-51-53-55-57-59-61-63-65-67-69-71-77(81)78-75(74-85-86(82,83)84-73-72-79(3,4)5)76(80)70-68-66-64-62-60-58-56-54-52-50-48-46-44-42-35-33-31-29-27-25-23-21-19-17-15-13-11-9-7-2/h68,70,75-76,80H,6-67,69,71-74H2,1-5H3,(H-,78,81,82,83)/b70-68+. The fourth-order valence-electron chi connectivity index (χ4n) is 12.5. The van der Waals surface area contributed by atoms with Gasteiger partial charge in [-0.25, -0.2) is 0 Å². The number of nitrogens with zero attached hydrogens (tertiary/aromatic N) is 1. The molecule has 0 aromatic carbocycles. The molecule has 0 saturated heterocycles. The number of amides is 1. The third-order valence-electron chi connectivity index (χ3n) is 18.5. The lowest BCUT2D eigenvalue weighted by atomic mass is 10.0. The van der Waals surface area contributed by atoms with Crippen LogP contribution in [0.2, 0.25) is 0 Å². The SMILES string of the molecule is CCCCCCCCCCCCCCCCCCCCCCCCCCCCC/C=C/C(O)C(COP(=O)([O-])OCC[N+](C)(C)C)NC(=O)CCCCCCCCCCCCCCCCCCCCCCCCCCCCCCCCCCCCC. The summed E-state index contributed by atoms with van der Waals surface area (Å²) in [5, 5.41) is 14.0. The van der Waals surface area contributed by atoms with Crippen molar-refractivity contribution >= 4 is 13.7 Å². The quantitative estimate of drug-likeness (QED) is 0.0272. The first kappa shape index (κ1) is 85.2. The predicted molar refractivity (Wildman–Crippen MR) is 376 cm³/mol. The molecule has 0 fully saturated rings. The van der Waals surface area contributed by atoms with Crippen LogP contribution in [0.3, 0.4) is 0 Å². The lowest BCUT2D eigenvalue weighted by Crippen LogP contribution is -2.45. The van der Waals surface area contributed by atoms with Gasteiger partial charge in [0.15, 0.2) is 0 Å². The highest BCUT2D eigenvalue weighted by atomic mass is 31.2. The van der Waals surface area contributed by atoms with Crippen molar-refractivity contribution in [3.63, 3.8) is 0 Å². The van der Waals surface area contributed by atoms with Crippen molar-refractivity contribution < 1.29 is 32.9 Å². The van der Waals surface area contributed by atoms with Gasteiger partial charge < -0.3 is 28.8 Å². The van der Waals surface area contributed by atoms with E-state index in [0.29, 0.717) is 17.4 Å². The molecule has 9 heteroatoms. The van der Waals surface area contributed by atoms with E-state index in [4.69, 9.17) is 9.05 Å². The van der Waals surface area contributed by atoms with Gasteiger partial charge in [0.05, 0.1) is 39.9 Å². The largest absolute Gasteiger partial charge is 0.756 e. The third kappa shape index (κ3) is 70.7. The molecule has 0 aliphatic heterocycles. The number of likely N-dealkylation sites (N-methyl/N-ethyl adjacent to an activating group) is 1. The summed E-state index contributed by atoms with van der Waals surface area (Å²) >= 11 is 0. The number of carbonyl (C=O) groups is 1. The van der Waals surface area contributed by atoms with Crippen LogP contribution in [0, 0.1) is 0 Å². The number of hydrogen-bond acceptors (Lipinski definition) is 6. The van der Waals surface area contributed by atoms with Gasteiger partial charge in [0, 0.05) is 6.42 Å². The van der Waals surface area contributed by atoms with Crippen molar-refractivity contribution in [1.29, 1.82) is 0 Å². The highest BCUT2D eigenvalue weighted by Gasteiger charge is 2.23. The molecule has 0 aliphatic rings. The van der Waals surface area contributed by atoms with Crippen molar-refractivity contribution in [2.45, 2.75) is 437 Å². The maximum Gasteiger partial charge on any atom is 0.268 e. The number of phosphoric acid groups is 1. The van der Waals surface area contributed by atoms with Gasteiger partial charge in [0.25, 0.3) is 7.82 Å². The van der Waals surface area contributed by atoms with Crippen LogP contribution in [0.4, 0.5) is 0 Å². The van der Waals surface area contributed by atoms with E-state index < -0.39 is 20.0 Å². The number of nitrogens with one attached hydrogen (secondary N) is 1. The molecule has 8 nitrogen and oxygen atoms in total. The summed E-state index contributed by atoms with van der Waals surface area (Å²) < 4.78 is 23.5. The second-order valence-electron chi connectivity index (χ2n) is 28.4. The Hall–Kier alpha value is -0.760. The van der Waals surface area contributed by atoms with Crippen LogP contribution in [-0.4, -0.2) is 68.5 Å². The molecular formula is C77H155N2O6P. The average Bonchev–Trinajstić information content (AvgIpc) is 3.70. The van der Waals surface area contributed by atoms with E-state index in [1.54, 1.807) is 6.08 Å². The number of unbranched alkanes of at least 4 members (excludes halogenated alkanes) is 61. The van der Waals surface area contributed by atoms with Crippen LogP contribution in [0.15, 0.2) is 12.2 Å². The summed E-state index contributed by atoms with van der Waals surface area (Å²) in [7, 11) is 1.29. The summed E-state index contributed by atoms with van der Waals surface area (Å²) in [6.45, 7) is 4.73. The van der Waals surface area contributed by atoms with E-state index in [1.807, 2.05) is 27.2 Å². The van der Waals surface area contributed by atoms with E-state index in [0.717, 1.165) is 38.5 Å². The van der Waals surface area contributed by atoms with Gasteiger partial charge in [0.2, 0.25) is 5.91 Å². The lowest BCUT2D eigenvalue weighted by Gasteiger charge is -2.29. The minimum absolute atomic E-state index is 0.00314. The number of aliphatic hydroxyl groups excluding tert-OH is 1. The Balaban J connectivity index is 3.94. The number of carbonyl (C=O) groups excluding carboxylic acids is 1. The zero-order valence-electron chi connectivity index (χ0n) is 59.1. The monoisotopic (exact) mass is 1240 g/mol. The summed E-state index contributed by atoms with van der Waals surface area (Å²) in [6, 6.07) is -0.884. The van der Waals surface area contributed by atoms with Gasteiger partial charge in [0.1, 0.15) is 13.2 Å². The third-order valence-corrected chi connectivity index (χ3v) is 19.5. The minimum atomic E-state index is -4.60. The summed E-state index contributed by atoms with van der Waals surface area (Å²) in [5.74, 6) is -0.186. The fourth-order valence-corrected chi connectivity index (χ4v) is 13.2. The molecule has 0 aromatic rings. The second-order valence-corrected chi connectivity index (χ2v) is 29.8. The minimum Gasteiger partial charge on any atom is -0.756 e. The van der Waals surface area contributed by atoms with E-state index in [2.05, 4.69) is 19.2 Å². The van der Waals surface area contributed by atoms with Crippen molar-refractivity contribution in [1.82, 2.24) is 5.32 Å². The van der Waals surface area contributed by atoms with Gasteiger partial charge in [-0.2, -0.15) is 0 Å². The molecule has 514 valence electrons. The van der Waals surface area contributed by atoms with Crippen LogP contribution in [-0.2, 0) is 18.4 Å². The topological polar surface area (TPSA) is 108 Å². The lowest BCUT2D eigenvalue weighted by molar-refractivity contribution is -0.870. The fraction of sp³-hybridized carbons (Fsp3) is 0.961. The molecule has 0 spiro atoms. The molecule has 0 radical (unpaired) electrons. The molecule has 86 heavy (non-hydrogen) atoms. The summed E-state index contributed by atoms with van der Waals surface area (Å²) in [4.78, 5) is 25.7. The van der Waals surface area contributed by atoms with Crippen LogP contribution in [0.1, 0.15) is 425 Å². The van der Waals surface area contributed by atoms with E-state index in [-0.39, 0.29) is 19.1 Å². The smallest absolute Gasteiger partial charge is 0.268 e. The Morgan fingerprint density at radius 2 is 0.628 bits per heavy atom. The molecule has 3 unspecified atom stereocenters. The number of phosphoric ester groups is 1. The molecule has 0 aliphatic carbocycles. The van der Waals surface area contributed by atoms with E-state index >= 15 is 0 Å². The summed E-state index contributed by atoms with van der Waals surface area (Å²) in [5.41, 5.74) is 0. The number of quaternary nitrogens is 1. The zero-order valence-corrected chi connectivity index (χ0v) is 60.0. The molecule has 3 atom stereocenters. The molecular weight excluding hydrogens is 1080 g/mol. The van der Waals surface area contributed by atoms with Gasteiger partial charge in [-0.1, -0.05) is 411 Å². The number of rotatable bonds is 74. The Bertz CT molecular complexity index is 1410. The number of aliphatic hydroxyl groups is 1. The Labute approximate surface area is 539 Å². The van der Waals surface area contributed by atoms with Crippen LogP contribution in [0.5, 0.6) is 0 Å². The zero-order chi connectivity index (χ0) is 62.6. The Morgan fingerprint density at radius 1 is 0.395 bits per heavy atom. The van der Waals surface area contributed by atoms with Gasteiger partial charge in [-0.15, -0.1) is 0 Å². The Kier molecular flexibility index (Phi) is 68.0. The van der Waals surface area contributed by atoms with Crippen LogP contribution < -0.4 is 10.2 Å². The molecule has 0 heterocycles. The number of allylic oxidation sites excluding steroid dienone is 1. The predicted octanol–water partition coefficient (Wildman–Crippen LogP) is 24.6. The van der Waals surface area contributed by atoms with Crippen molar-refractivity contribution in [3.05, 3.63) is 12.2 Å². The van der Waals surface area contributed by atoms with Gasteiger partial charge in [-0.05, 0) is 19.3 Å². The highest BCUT2D eigenvalue weighted by molar-refractivity contribution is 7.45. The van der Waals surface area contributed by atoms with Crippen molar-refractivity contribution in [2.75, 3.05) is 40.9 Å². The van der Waals surface area contributed by atoms with Crippen molar-refractivity contribution in [2.24, 2.45) is 0 Å². The molecule has 2 N–H and O–H groups in total. The molecule has 0 bridgehead atoms. The first-order valence-electron chi connectivity index (χ1n) is 39.1. The summed E-state index contributed by atoms with van der Waals surface area (Å²) in [6.07, 6.45) is 89.5. The molecule has 0 saturated carbocycles. The van der Waals surface area contributed by atoms with Gasteiger partial charge >= 0.3 is 0 Å².